The number of hydrogen-bond donors (Lipinski definition) is 0. The molecule has 0 aliphatic carbocycles. The van der Waals surface area contributed by atoms with E-state index in [4.69, 9.17) is 16.3 Å². The molecule has 0 saturated carbocycles. The second kappa shape index (κ2) is 6.33. The highest BCUT2D eigenvalue weighted by Gasteiger charge is 2.33. The average molecular weight is 318 g/mol. The monoisotopic (exact) mass is 317 g/mol. The Morgan fingerprint density at radius 1 is 1.40 bits per heavy atom. The van der Waals surface area contributed by atoms with E-state index in [2.05, 4.69) is 0 Å². The van der Waals surface area contributed by atoms with Gasteiger partial charge >= 0.3 is 0 Å². The Kier molecular flexibility index (Phi) is 4.94. The zero-order valence-electron chi connectivity index (χ0n) is 11.8. The summed E-state index contributed by atoms with van der Waals surface area (Å²) < 4.78 is 32.7. The molecule has 0 bridgehead atoms. The number of halogens is 1. The molecule has 0 radical (unpaired) electrons. The van der Waals surface area contributed by atoms with Crippen molar-refractivity contribution in [3.8, 4) is 5.75 Å². The van der Waals surface area contributed by atoms with Crippen LogP contribution in [0.25, 0.3) is 0 Å². The first-order valence-electron chi connectivity index (χ1n) is 6.91. The van der Waals surface area contributed by atoms with Gasteiger partial charge in [0, 0.05) is 17.6 Å². The van der Waals surface area contributed by atoms with Crippen LogP contribution in [0.4, 0.5) is 0 Å². The van der Waals surface area contributed by atoms with Crippen LogP contribution in [-0.2, 0) is 10.0 Å². The molecule has 6 heteroatoms. The molecule has 1 aliphatic rings. The molecule has 1 aromatic carbocycles. The summed E-state index contributed by atoms with van der Waals surface area (Å²) in [5, 5.41) is 0.400. The molecule has 4 nitrogen and oxygen atoms in total. The van der Waals surface area contributed by atoms with E-state index in [1.54, 1.807) is 16.4 Å². The minimum atomic E-state index is -3.56. The van der Waals surface area contributed by atoms with Crippen LogP contribution in [0.5, 0.6) is 5.75 Å². The first-order valence-corrected chi connectivity index (χ1v) is 8.73. The highest BCUT2D eigenvalue weighted by Crippen LogP contribution is 2.32. The minimum Gasteiger partial charge on any atom is -0.492 e. The van der Waals surface area contributed by atoms with Gasteiger partial charge in [0.15, 0.2) is 0 Å². The summed E-state index contributed by atoms with van der Waals surface area (Å²) >= 11 is 5.96. The molecule has 1 unspecified atom stereocenters. The fourth-order valence-corrected chi connectivity index (χ4v) is 4.61. The van der Waals surface area contributed by atoms with Gasteiger partial charge in [-0.25, -0.2) is 8.42 Å². The maximum absolute atomic E-state index is 12.8. The summed E-state index contributed by atoms with van der Waals surface area (Å²) in [4.78, 5) is 0.167. The summed E-state index contributed by atoms with van der Waals surface area (Å²) in [6.45, 7) is 4.75. The lowest BCUT2D eigenvalue weighted by Crippen LogP contribution is -2.42. The summed E-state index contributed by atoms with van der Waals surface area (Å²) in [5.74, 6) is 0.370. The zero-order chi connectivity index (χ0) is 14.8. The molecule has 112 valence electrons. The Morgan fingerprint density at radius 3 is 2.80 bits per heavy atom. The number of hydrogen-bond acceptors (Lipinski definition) is 3. The molecule has 1 saturated heterocycles. The van der Waals surface area contributed by atoms with Crippen molar-refractivity contribution >= 4 is 21.6 Å². The third-order valence-electron chi connectivity index (χ3n) is 3.53. The third kappa shape index (κ3) is 3.10. The van der Waals surface area contributed by atoms with Crippen molar-refractivity contribution in [1.29, 1.82) is 0 Å². The van der Waals surface area contributed by atoms with Crippen molar-refractivity contribution in [2.24, 2.45) is 0 Å². The van der Waals surface area contributed by atoms with Crippen molar-refractivity contribution in [2.45, 2.75) is 44.0 Å². The van der Waals surface area contributed by atoms with E-state index in [0.29, 0.717) is 23.9 Å². The molecule has 1 aliphatic heterocycles. The zero-order valence-corrected chi connectivity index (χ0v) is 13.4. The molecule has 0 amide bonds. The van der Waals surface area contributed by atoms with Gasteiger partial charge in [-0.15, -0.1) is 0 Å². The Balaban J connectivity index is 2.44. The van der Waals surface area contributed by atoms with Crippen LogP contribution in [0, 0.1) is 0 Å². The molecule has 1 atom stereocenters. The SMILES string of the molecule is CCOc1ccc(Cl)cc1S(=O)(=O)N1CCCCC1C. The number of ether oxygens (including phenoxy) is 1. The Labute approximate surface area is 125 Å². The van der Waals surface area contributed by atoms with Crippen molar-refractivity contribution in [1.82, 2.24) is 4.31 Å². The third-order valence-corrected chi connectivity index (χ3v) is 5.80. The van der Waals surface area contributed by atoms with Crippen molar-refractivity contribution < 1.29 is 13.2 Å². The molecule has 1 fully saturated rings. The van der Waals surface area contributed by atoms with E-state index >= 15 is 0 Å². The fourth-order valence-electron chi connectivity index (χ4n) is 2.51. The number of benzene rings is 1. The molecule has 1 aromatic rings. The first kappa shape index (κ1) is 15.6. The number of piperidine rings is 1. The van der Waals surface area contributed by atoms with E-state index in [1.807, 2.05) is 13.8 Å². The Hall–Kier alpha value is -0.780. The fraction of sp³-hybridized carbons (Fsp3) is 0.571. The van der Waals surface area contributed by atoms with Crippen LogP contribution in [-0.4, -0.2) is 31.9 Å². The van der Waals surface area contributed by atoms with Gasteiger partial charge in [-0.3, -0.25) is 0 Å². The number of sulfonamides is 1. The van der Waals surface area contributed by atoms with E-state index in [9.17, 15) is 8.42 Å². The molecule has 0 aromatic heterocycles. The molecule has 0 spiro atoms. The van der Waals surface area contributed by atoms with Crippen molar-refractivity contribution in [3.63, 3.8) is 0 Å². The van der Waals surface area contributed by atoms with Crippen molar-refractivity contribution in [3.05, 3.63) is 23.2 Å². The second-order valence-corrected chi connectivity index (χ2v) is 7.28. The van der Waals surface area contributed by atoms with E-state index in [-0.39, 0.29) is 10.9 Å². The molecule has 1 heterocycles. The van der Waals surface area contributed by atoms with Crippen LogP contribution in [0.1, 0.15) is 33.1 Å². The summed E-state index contributed by atoms with van der Waals surface area (Å²) in [6, 6.07) is 4.75. The van der Waals surface area contributed by atoms with Crippen LogP contribution in [0.3, 0.4) is 0 Å². The molecule has 0 N–H and O–H groups in total. The van der Waals surface area contributed by atoms with Gasteiger partial charge in [-0.1, -0.05) is 18.0 Å². The molecular formula is C14H20ClNO3S. The predicted molar refractivity (Wildman–Crippen MR) is 79.8 cm³/mol. The number of rotatable bonds is 4. The Bertz CT molecular complexity index is 574. The maximum atomic E-state index is 12.8. The van der Waals surface area contributed by atoms with Crippen LogP contribution in [0.2, 0.25) is 5.02 Å². The minimum absolute atomic E-state index is 0.0159. The van der Waals surface area contributed by atoms with E-state index < -0.39 is 10.0 Å². The summed E-state index contributed by atoms with van der Waals surface area (Å²) in [5.41, 5.74) is 0. The molecular weight excluding hydrogens is 298 g/mol. The van der Waals surface area contributed by atoms with Crippen molar-refractivity contribution in [2.75, 3.05) is 13.2 Å². The van der Waals surface area contributed by atoms with E-state index in [0.717, 1.165) is 19.3 Å². The van der Waals surface area contributed by atoms with Gasteiger partial charge in [0.25, 0.3) is 0 Å². The van der Waals surface area contributed by atoms with Gasteiger partial charge in [-0.05, 0) is 44.9 Å². The summed E-state index contributed by atoms with van der Waals surface area (Å²) in [7, 11) is -3.56. The Morgan fingerprint density at radius 2 is 2.15 bits per heavy atom. The van der Waals surface area contributed by atoms with Crippen LogP contribution >= 0.6 is 11.6 Å². The quantitative estimate of drug-likeness (QED) is 0.856. The first-order chi connectivity index (χ1) is 9.46. The predicted octanol–water partition coefficient (Wildman–Crippen LogP) is 3.30. The van der Waals surface area contributed by atoms with E-state index in [1.165, 1.54) is 6.07 Å². The number of nitrogens with zero attached hydrogens (tertiary/aromatic N) is 1. The van der Waals surface area contributed by atoms with Gasteiger partial charge in [-0.2, -0.15) is 4.31 Å². The topological polar surface area (TPSA) is 46.6 Å². The van der Waals surface area contributed by atoms with Gasteiger partial charge in [0.05, 0.1) is 6.61 Å². The van der Waals surface area contributed by atoms with Gasteiger partial charge < -0.3 is 4.74 Å². The lowest BCUT2D eigenvalue weighted by molar-refractivity contribution is 0.266. The lowest BCUT2D eigenvalue weighted by atomic mass is 10.1. The smallest absolute Gasteiger partial charge is 0.247 e. The molecule has 2 rings (SSSR count). The molecule has 20 heavy (non-hydrogen) atoms. The second-order valence-electron chi connectivity index (χ2n) is 4.98. The highest BCUT2D eigenvalue weighted by molar-refractivity contribution is 7.89. The average Bonchev–Trinajstić information content (AvgIpc) is 2.41. The summed E-state index contributed by atoms with van der Waals surface area (Å²) in [6.07, 6.45) is 2.86. The van der Waals surface area contributed by atoms with Crippen LogP contribution < -0.4 is 4.74 Å². The largest absolute Gasteiger partial charge is 0.492 e. The highest BCUT2D eigenvalue weighted by atomic mass is 35.5. The maximum Gasteiger partial charge on any atom is 0.247 e. The van der Waals surface area contributed by atoms with Crippen LogP contribution in [0.15, 0.2) is 23.1 Å². The normalized spacial score (nSPS) is 20.9. The van der Waals surface area contributed by atoms with Gasteiger partial charge in [0.1, 0.15) is 10.6 Å². The van der Waals surface area contributed by atoms with Gasteiger partial charge in [0.2, 0.25) is 10.0 Å². The lowest BCUT2D eigenvalue weighted by Gasteiger charge is -2.32. The standard InChI is InChI=1S/C14H20ClNO3S/c1-3-19-13-8-7-12(15)10-14(13)20(17,18)16-9-5-4-6-11(16)2/h7-8,10-11H,3-6,9H2,1-2H3.